The molecule has 90 valence electrons. The fourth-order valence-electron chi connectivity index (χ4n) is 1.74. The number of hydrogen-bond acceptors (Lipinski definition) is 3. The quantitative estimate of drug-likeness (QED) is 0.686. The third-order valence-electron chi connectivity index (χ3n) is 2.56. The molecule has 2 heterocycles. The zero-order valence-electron chi connectivity index (χ0n) is 8.93. The average molecular weight is 297 g/mol. The minimum atomic E-state index is -0.132. The molecule has 0 spiro atoms. The normalized spacial score (nSPS) is 11.0. The van der Waals surface area contributed by atoms with Crippen LogP contribution in [-0.4, -0.2) is 9.38 Å². The summed E-state index contributed by atoms with van der Waals surface area (Å²) in [5, 5.41) is 2.75. The fraction of sp³-hybridized carbons (Fsp3) is 0. The molecule has 0 saturated carbocycles. The van der Waals surface area contributed by atoms with Crippen molar-refractivity contribution < 1.29 is 0 Å². The summed E-state index contributed by atoms with van der Waals surface area (Å²) >= 11 is 13.6. The van der Waals surface area contributed by atoms with Crippen molar-refractivity contribution in [2.24, 2.45) is 0 Å². The Hall–Kier alpha value is -1.36. The maximum atomic E-state index is 11.9. The number of thiazole rings is 1. The standard InChI is InChI=1S/C12H6Cl2N2OS/c13-8-3-1-2-7(11(8)14)9-6-18-12-15-5-4-10(17)16(9)12/h1-6H. The molecule has 0 aliphatic carbocycles. The van der Waals surface area contributed by atoms with Gasteiger partial charge in [-0.1, -0.05) is 35.3 Å². The van der Waals surface area contributed by atoms with E-state index in [0.29, 0.717) is 20.7 Å². The summed E-state index contributed by atoms with van der Waals surface area (Å²) in [4.78, 5) is 16.7. The number of benzene rings is 1. The van der Waals surface area contributed by atoms with Crippen LogP contribution in [0.1, 0.15) is 0 Å². The lowest BCUT2D eigenvalue weighted by molar-refractivity contribution is 1.08. The van der Waals surface area contributed by atoms with Gasteiger partial charge in [0.1, 0.15) is 0 Å². The monoisotopic (exact) mass is 296 g/mol. The number of halogens is 2. The van der Waals surface area contributed by atoms with E-state index in [1.54, 1.807) is 12.1 Å². The van der Waals surface area contributed by atoms with E-state index < -0.39 is 0 Å². The molecule has 0 bridgehead atoms. The van der Waals surface area contributed by atoms with Crippen molar-refractivity contribution in [3.63, 3.8) is 0 Å². The number of nitrogens with zero attached hydrogens (tertiary/aromatic N) is 2. The van der Waals surface area contributed by atoms with E-state index in [-0.39, 0.29) is 5.56 Å². The molecule has 3 rings (SSSR count). The summed E-state index contributed by atoms with van der Waals surface area (Å²) in [5.74, 6) is 0. The molecule has 18 heavy (non-hydrogen) atoms. The molecule has 0 saturated heterocycles. The van der Waals surface area contributed by atoms with Crippen molar-refractivity contribution >= 4 is 39.5 Å². The molecule has 6 heteroatoms. The van der Waals surface area contributed by atoms with Crippen LogP contribution in [0.2, 0.25) is 10.0 Å². The van der Waals surface area contributed by atoms with E-state index in [1.807, 2.05) is 11.4 Å². The molecule has 3 aromatic rings. The Balaban J connectivity index is 2.39. The van der Waals surface area contributed by atoms with E-state index in [1.165, 1.54) is 28.0 Å². The topological polar surface area (TPSA) is 34.4 Å². The molecule has 0 atom stereocenters. The van der Waals surface area contributed by atoms with Gasteiger partial charge in [0, 0.05) is 23.2 Å². The summed E-state index contributed by atoms with van der Waals surface area (Å²) in [6.45, 7) is 0. The first kappa shape index (κ1) is 11.7. The third-order valence-corrected chi connectivity index (χ3v) is 4.22. The van der Waals surface area contributed by atoms with Gasteiger partial charge >= 0.3 is 0 Å². The number of rotatable bonds is 1. The molecule has 0 fully saturated rings. The average Bonchev–Trinajstić information content (AvgIpc) is 2.78. The lowest BCUT2D eigenvalue weighted by atomic mass is 10.2. The SMILES string of the molecule is O=c1ccnc2scc(-c3cccc(Cl)c3Cl)n12. The van der Waals surface area contributed by atoms with Gasteiger partial charge < -0.3 is 0 Å². The van der Waals surface area contributed by atoms with Crippen molar-refractivity contribution in [2.45, 2.75) is 0 Å². The lowest BCUT2D eigenvalue weighted by Crippen LogP contribution is -2.12. The van der Waals surface area contributed by atoms with Crippen molar-refractivity contribution in [1.82, 2.24) is 9.38 Å². The summed E-state index contributed by atoms with van der Waals surface area (Å²) in [7, 11) is 0. The van der Waals surface area contributed by atoms with Crippen molar-refractivity contribution in [3.05, 3.63) is 56.2 Å². The van der Waals surface area contributed by atoms with Gasteiger partial charge in [-0.25, -0.2) is 4.98 Å². The van der Waals surface area contributed by atoms with Gasteiger partial charge in [-0.2, -0.15) is 0 Å². The predicted octanol–water partition coefficient (Wildman–Crippen LogP) is 3.73. The third kappa shape index (κ3) is 1.73. The van der Waals surface area contributed by atoms with E-state index in [4.69, 9.17) is 23.2 Å². The first-order valence-electron chi connectivity index (χ1n) is 5.08. The Kier molecular flexibility index (Phi) is 2.86. The molecular weight excluding hydrogens is 291 g/mol. The van der Waals surface area contributed by atoms with Crippen LogP contribution in [0.25, 0.3) is 16.2 Å². The van der Waals surface area contributed by atoms with Crippen molar-refractivity contribution in [2.75, 3.05) is 0 Å². The first-order chi connectivity index (χ1) is 8.68. The summed E-state index contributed by atoms with van der Waals surface area (Å²) in [6.07, 6.45) is 1.50. The van der Waals surface area contributed by atoms with E-state index in [2.05, 4.69) is 4.98 Å². The van der Waals surface area contributed by atoms with Crippen LogP contribution in [-0.2, 0) is 0 Å². The van der Waals surface area contributed by atoms with Gasteiger partial charge in [0.2, 0.25) is 0 Å². The molecule has 0 aliphatic rings. The van der Waals surface area contributed by atoms with Crippen LogP contribution >= 0.6 is 34.5 Å². The van der Waals surface area contributed by atoms with Crippen LogP contribution < -0.4 is 5.56 Å². The Bertz CT molecular complexity index is 794. The number of aromatic nitrogens is 2. The van der Waals surface area contributed by atoms with Crippen LogP contribution in [0, 0.1) is 0 Å². The van der Waals surface area contributed by atoms with Crippen LogP contribution in [0.3, 0.4) is 0 Å². The molecule has 3 nitrogen and oxygen atoms in total. The second-order valence-corrected chi connectivity index (χ2v) is 5.25. The largest absolute Gasteiger partial charge is 0.269 e. The molecule has 0 aliphatic heterocycles. The highest BCUT2D eigenvalue weighted by Crippen LogP contribution is 2.34. The summed E-state index contributed by atoms with van der Waals surface area (Å²) in [6, 6.07) is 6.76. The van der Waals surface area contributed by atoms with E-state index >= 15 is 0 Å². The maximum Gasteiger partial charge on any atom is 0.258 e. The Morgan fingerprint density at radius 1 is 1.22 bits per heavy atom. The zero-order valence-corrected chi connectivity index (χ0v) is 11.3. The maximum absolute atomic E-state index is 11.9. The zero-order chi connectivity index (χ0) is 12.7. The van der Waals surface area contributed by atoms with Crippen molar-refractivity contribution in [1.29, 1.82) is 0 Å². The lowest BCUT2D eigenvalue weighted by Gasteiger charge is -2.04. The molecule has 0 N–H and O–H groups in total. The predicted molar refractivity (Wildman–Crippen MR) is 74.8 cm³/mol. The summed E-state index contributed by atoms with van der Waals surface area (Å²) in [5.41, 5.74) is 1.30. The van der Waals surface area contributed by atoms with Gasteiger partial charge in [0.15, 0.2) is 4.96 Å². The minimum Gasteiger partial charge on any atom is -0.269 e. The highest BCUT2D eigenvalue weighted by atomic mass is 35.5. The van der Waals surface area contributed by atoms with Gasteiger partial charge in [0.05, 0.1) is 15.7 Å². The van der Waals surface area contributed by atoms with Gasteiger partial charge in [0.25, 0.3) is 5.56 Å². The smallest absolute Gasteiger partial charge is 0.258 e. The number of fused-ring (bicyclic) bond motifs is 1. The first-order valence-corrected chi connectivity index (χ1v) is 6.71. The molecule has 1 aromatic carbocycles. The molecular formula is C12H6Cl2N2OS. The summed E-state index contributed by atoms with van der Waals surface area (Å²) < 4.78 is 1.53. The van der Waals surface area contributed by atoms with E-state index in [9.17, 15) is 4.79 Å². The van der Waals surface area contributed by atoms with Gasteiger partial charge in [-0.05, 0) is 6.07 Å². The van der Waals surface area contributed by atoms with Gasteiger partial charge in [-0.15, -0.1) is 11.3 Å². The Morgan fingerprint density at radius 2 is 2.06 bits per heavy atom. The Morgan fingerprint density at radius 3 is 2.89 bits per heavy atom. The Labute approximate surface area is 116 Å². The highest BCUT2D eigenvalue weighted by Gasteiger charge is 2.12. The van der Waals surface area contributed by atoms with E-state index in [0.717, 1.165) is 5.56 Å². The highest BCUT2D eigenvalue weighted by molar-refractivity contribution is 7.15. The minimum absolute atomic E-state index is 0.132. The van der Waals surface area contributed by atoms with Crippen molar-refractivity contribution in [3.8, 4) is 11.3 Å². The van der Waals surface area contributed by atoms with Crippen LogP contribution in [0.4, 0.5) is 0 Å². The van der Waals surface area contributed by atoms with Crippen LogP contribution in [0.5, 0.6) is 0 Å². The molecule has 0 radical (unpaired) electrons. The fourth-order valence-corrected chi connectivity index (χ4v) is 3.01. The van der Waals surface area contributed by atoms with Gasteiger partial charge in [-0.3, -0.25) is 9.20 Å². The second kappa shape index (κ2) is 4.39. The second-order valence-electron chi connectivity index (χ2n) is 3.62. The molecule has 2 aromatic heterocycles. The molecule has 0 unspecified atom stereocenters. The number of hydrogen-bond donors (Lipinski definition) is 0. The molecule has 0 amide bonds. The van der Waals surface area contributed by atoms with Crippen LogP contribution in [0.15, 0.2) is 40.6 Å².